The van der Waals surface area contributed by atoms with Gasteiger partial charge in [0, 0.05) is 29.7 Å². The summed E-state index contributed by atoms with van der Waals surface area (Å²) in [5.41, 5.74) is 0.614. The molecule has 1 amide bonds. The van der Waals surface area contributed by atoms with Crippen molar-refractivity contribution >= 4 is 33.0 Å². The van der Waals surface area contributed by atoms with Crippen LogP contribution >= 0.6 is 11.3 Å². The number of sulfonamides is 1. The Morgan fingerprint density at radius 1 is 1.18 bits per heavy atom. The minimum atomic E-state index is -3.56. The first-order valence-corrected chi connectivity index (χ1v) is 11.5. The summed E-state index contributed by atoms with van der Waals surface area (Å²) < 4.78 is 38.5. The molecule has 28 heavy (non-hydrogen) atoms. The zero-order valence-corrected chi connectivity index (χ0v) is 17.1. The first-order chi connectivity index (χ1) is 13.4. The van der Waals surface area contributed by atoms with Crippen LogP contribution in [-0.2, 0) is 14.8 Å². The van der Waals surface area contributed by atoms with Crippen molar-refractivity contribution in [1.82, 2.24) is 4.31 Å². The SMILES string of the molecule is Cc1ccc(S(=O)(=O)N2CCCC(C(=O)Nc3ccc4c(c3)OCCO4)C2)s1. The van der Waals surface area contributed by atoms with Gasteiger partial charge in [-0.05, 0) is 44.0 Å². The van der Waals surface area contributed by atoms with E-state index in [1.54, 1.807) is 30.3 Å². The molecular formula is C19H22N2O5S2. The number of aryl methyl sites for hydroxylation is 1. The van der Waals surface area contributed by atoms with Crippen molar-refractivity contribution in [2.75, 3.05) is 31.6 Å². The van der Waals surface area contributed by atoms with Crippen molar-refractivity contribution in [3.63, 3.8) is 0 Å². The third-order valence-corrected chi connectivity index (χ3v) is 8.21. The first kappa shape index (κ1) is 19.2. The van der Waals surface area contributed by atoms with E-state index in [9.17, 15) is 13.2 Å². The van der Waals surface area contributed by atoms with E-state index in [1.807, 2.05) is 6.92 Å². The Bertz CT molecular complexity index is 986. The smallest absolute Gasteiger partial charge is 0.252 e. The Hall–Kier alpha value is -2.10. The number of fused-ring (bicyclic) bond motifs is 1. The summed E-state index contributed by atoms with van der Waals surface area (Å²) in [5, 5.41) is 2.88. The molecule has 7 nitrogen and oxygen atoms in total. The zero-order valence-electron chi connectivity index (χ0n) is 15.5. The van der Waals surface area contributed by atoms with E-state index < -0.39 is 15.9 Å². The molecule has 1 aromatic heterocycles. The molecule has 0 spiro atoms. The van der Waals surface area contributed by atoms with Crippen LogP contribution in [0.1, 0.15) is 17.7 Å². The van der Waals surface area contributed by atoms with Gasteiger partial charge in [0.1, 0.15) is 17.4 Å². The maximum absolute atomic E-state index is 12.9. The lowest BCUT2D eigenvalue weighted by molar-refractivity contribution is -0.120. The molecule has 1 unspecified atom stereocenters. The highest BCUT2D eigenvalue weighted by Crippen LogP contribution is 2.33. The molecule has 2 aromatic rings. The summed E-state index contributed by atoms with van der Waals surface area (Å²) >= 11 is 1.26. The van der Waals surface area contributed by atoms with Crippen LogP contribution in [0.4, 0.5) is 5.69 Å². The van der Waals surface area contributed by atoms with E-state index in [-0.39, 0.29) is 12.5 Å². The molecule has 0 saturated carbocycles. The predicted octanol–water partition coefficient (Wildman–Crippen LogP) is 2.87. The molecule has 9 heteroatoms. The topological polar surface area (TPSA) is 84.9 Å². The number of hydrogen-bond donors (Lipinski definition) is 1. The monoisotopic (exact) mass is 422 g/mol. The number of hydrogen-bond acceptors (Lipinski definition) is 6. The molecular weight excluding hydrogens is 400 g/mol. The second-order valence-corrected chi connectivity index (χ2v) is 10.4. The number of amides is 1. The fourth-order valence-corrected chi connectivity index (χ4v) is 6.38. The molecule has 2 aliphatic heterocycles. The first-order valence-electron chi connectivity index (χ1n) is 9.20. The van der Waals surface area contributed by atoms with E-state index in [2.05, 4.69) is 5.32 Å². The summed E-state index contributed by atoms with van der Waals surface area (Å²) in [6.45, 7) is 3.49. The average molecular weight is 423 g/mol. The Balaban J connectivity index is 1.45. The number of piperidine rings is 1. The Morgan fingerprint density at radius 3 is 2.71 bits per heavy atom. The Morgan fingerprint density at radius 2 is 1.96 bits per heavy atom. The number of nitrogens with zero attached hydrogens (tertiary/aromatic N) is 1. The largest absolute Gasteiger partial charge is 0.486 e. The highest BCUT2D eigenvalue weighted by Gasteiger charge is 2.34. The van der Waals surface area contributed by atoms with Gasteiger partial charge in [0.15, 0.2) is 11.5 Å². The number of ether oxygens (including phenoxy) is 2. The summed E-state index contributed by atoms with van der Waals surface area (Å²) in [7, 11) is -3.56. The maximum Gasteiger partial charge on any atom is 0.252 e. The number of thiophene rings is 1. The average Bonchev–Trinajstić information content (AvgIpc) is 3.15. The number of benzene rings is 1. The van der Waals surface area contributed by atoms with Gasteiger partial charge in [-0.25, -0.2) is 8.42 Å². The van der Waals surface area contributed by atoms with Gasteiger partial charge in [0.2, 0.25) is 5.91 Å². The van der Waals surface area contributed by atoms with Crippen LogP contribution in [0, 0.1) is 12.8 Å². The normalized spacial score (nSPS) is 20.0. The molecule has 0 aliphatic carbocycles. The molecule has 3 heterocycles. The zero-order chi connectivity index (χ0) is 19.7. The molecule has 0 bridgehead atoms. The lowest BCUT2D eigenvalue weighted by atomic mass is 9.98. The summed E-state index contributed by atoms with van der Waals surface area (Å²) in [4.78, 5) is 13.7. The van der Waals surface area contributed by atoms with Crippen molar-refractivity contribution in [3.05, 3.63) is 35.2 Å². The lowest BCUT2D eigenvalue weighted by Crippen LogP contribution is -2.43. The van der Waals surface area contributed by atoms with Gasteiger partial charge < -0.3 is 14.8 Å². The Labute approximate surface area is 168 Å². The minimum absolute atomic E-state index is 0.182. The van der Waals surface area contributed by atoms with Crippen LogP contribution in [0.25, 0.3) is 0 Å². The van der Waals surface area contributed by atoms with E-state index in [1.165, 1.54) is 15.6 Å². The molecule has 4 rings (SSSR count). The second kappa shape index (κ2) is 7.73. The quantitative estimate of drug-likeness (QED) is 0.819. The Kier molecular flexibility index (Phi) is 5.31. The van der Waals surface area contributed by atoms with E-state index >= 15 is 0 Å². The van der Waals surface area contributed by atoms with Gasteiger partial charge in [0.05, 0.1) is 5.92 Å². The van der Waals surface area contributed by atoms with Gasteiger partial charge in [-0.2, -0.15) is 4.31 Å². The standard InChI is InChI=1S/C19H22N2O5S2/c1-13-4-7-18(27-13)28(23,24)21-8-2-3-14(12-21)19(22)20-15-5-6-16-17(11-15)26-10-9-25-16/h4-7,11,14H,2-3,8-10,12H2,1H3,(H,20,22). The van der Waals surface area contributed by atoms with Crippen molar-refractivity contribution in [2.24, 2.45) is 5.92 Å². The molecule has 1 N–H and O–H groups in total. The molecule has 1 atom stereocenters. The van der Waals surface area contributed by atoms with Gasteiger partial charge >= 0.3 is 0 Å². The number of carbonyl (C=O) groups is 1. The van der Waals surface area contributed by atoms with Crippen LogP contribution in [0.15, 0.2) is 34.5 Å². The van der Waals surface area contributed by atoms with Crippen LogP contribution in [0.5, 0.6) is 11.5 Å². The van der Waals surface area contributed by atoms with Gasteiger partial charge in [-0.15, -0.1) is 11.3 Å². The van der Waals surface area contributed by atoms with Crippen LogP contribution in [0.2, 0.25) is 0 Å². The molecule has 1 saturated heterocycles. The van der Waals surface area contributed by atoms with Gasteiger partial charge in [0.25, 0.3) is 10.0 Å². The van der Waals surface area contributed by atoms with Gasteiger partial charge in [-0.1, -0.05) is 0 Å². The van der Waals surface area contributed by atoms with E-state index in [0.29, 0.717) is 54.0 Å². The second-order valence-electron chi connectivity index (χ2n) is 6.91. The van der Waals surface area contributed by atoms with Crippen LogP contribution in [0.3, 0.4) is 0 Å². The molecule has 1 aromatic carbocycles. The van der Waals surface area contributed by atoms with Crippen molar-refractivity contribution < 1.29 is 22.7 Å². The summed E-state index contributed by atoms with van der Waals surface area (Å²) in [6.07, 6.45) is 1.31. The number of carbonyl (C=O) groups excluding carboxylic acids is 1. The molecule has 150 valence electrons. The molecule has 0 radical (unpaired) electrons. The number of nitrogens with one attached hydrogen (secondary N) is 1. The lowest BCUT2D eigenvalue weighted by Gasteiger charge is -2.30. The highest BCUT2D eigenvalue weighted by atomic mass is 32.2. The molecule has 2 aliphatic rings. The van der Waals surface area contributed by atoms with Crippen molar-refractivity contribution in [1.29, 1.82) is 0 Å². The van der Waals surface area contributed by atoms with E-state index in [0.717, 1.165) is 4.88 Å². The third-order valence-electron chi connectivity index (χ3n) is 4.87. The third kappa shape index (κ3) is 3.87. The maximum atomic E-state index is 12.9. The number of rotatable bonds is 4. The van der Waals surface area contributed by atoms with Gasteiger partial charge in [-0.3, -0.25) is 4.79 Å². The minimum Gasteiger partial charge on any atom is -0.486 e. The summed E-state index contributed by atoms with van der Waals surface area (Å²) in [5.74, 6) is 0.687. The highest BCUT2D eigenvalue weighted by molar-refractivity contribution is 7.91. The predicted molar refractivity (Wildman–Crippen MR) is 107 cm³/mol. The van der Waals surface area contributed by atoms with Crippen LogP contribution < -0.4 is 14.8 Å². The fourth-order valence-electron chi connectivity index (χ4n) is 3.42. The number of anilines is 1. The van der Waals surface area contributed by atoms with Crippen molar-refractivity contribution in [3.8, 4) is 11.5 Å². The van der Waals surface area contributed by atoms with E-state index in [4.69, 9.17) is 9.47 Å². The van der Waals surface area contributed by atoms with Crippen LogP contribution in [-0.4, -0.2) is 44.9 Å². The van der Waals surface area contributed by atoms with Crippen molar-refractivity contribution in [2.45, 2.75) is 24.0 Å². The molecule has 1 fully saturated rings. The fraction of sp³-hybridized carbons (Fsp3) is 0.421. The summed E-state index contributed by atoms with van der Waals surface area (Å²) in [6, 6.07) is 8.69.